The maximum atomic E-state index is 12.1. The predicted molar refractivity (Wildman–Crippen MR) is 271 cm³/mol. The smallest absolute Gasteiger partial charge is 0.309 e. The molecule has 64 heavy (non-hydrogen) atoms. The van der Waals surface area contributed by atoms with Crippen molar-refractivity contribution in [3.8, 4) is 0 Å². The topological polar surface area (TPSA) is 52.6 Å². The molecule has 4 atom stereocenters. The zero-order chi connectivity index (χ0) is 46.9. The number of ether oxygens (including phenoxy) is 2. The minimum absolute atomic E-state index is 0. The molecule has 0 aromatic heterocycles. The lowest BCUT2D eigenvalue weighted by Crippen LogP contribution is -2.34. The lowest BCUT2D eigenvalue weighted by molar-refractivity contribution is -0.146. The number of hydrogen-bond donors (Lipinski definition) is 0. The molecule has 5 aliphatic rings. The minimum atomic E-state index is -0.0427. The second-order valence-electron chi connectivity index (χ2n) is 24.7. The molecule has 2 fully saturated rings. The zero-order valence-corrected chi connectivity index (χ0v) is 42.8. The van der Waals surface area contributed by atoms with Crippen molar-refractivity contribution in [2.75, 3.05) is 13.2 Å². The van der Waals surface area contributed by atoms with Gasteiger partial charge in [0.15, 0.2) is 0 Å². The number of carbonyl (C=O) groups excluding carboxylic acids is 2. The molecular formula is C60H88O4. The number of esters is 2. The van der Waals surface area contributed by atoms with Crippen molar-refractivity contribution in [2.45, 2.75) is 220 Å². The SMILES string of the molecule is C.C=C(C)c1ccc2c(c1)C(C)(C)CCC2(C)C.CCOC(=O)C1CC1(C)c1ccc2c(c1)C(C)(C)CCC2(C)C.CCOC(=O)C1CC1(C)c1ccc2c(c1)C(C)(C)CCC2(C)C. The highest BCUT2D eigenvalue weighted by molar-refractivity contribution is 5.80. The van der Waals surface area contributed by atoms with Gasteiger partial charge in [-0.2, -0.15) is 0 Å². The van der Waals surface area contributed by atoms with Crippen LogP contribution in [0.5, 0.6) is 0 Å². The van der Waals surface area contributed by atoms with Crippen LogP contribution in [0.15, 0.2) is 61.2 Å². The molecule has 4 heteroatoms. The molecule has 2 saturated carbocycles. The van der Waals surface area contributed by atoms with Gasteiger partial charge in [0.1, 0.15) is 0 Å². The molecule has 0 heterocycles. The summed E-state index contributed by atoms with van der Waals surface area (Å²) in [5, 5.41) is 0. The molecule has 0 saturated heterocycles. The van der Waals surface area contributed by atoms with Crippen LogP contribution in [0.1, 0.15) is 227 Å². The Kier molecular flexibility index (Phi) is 14.1. The van der Waals surface area contributed by atoms with Gasteiger partial charge in [-0.3, -0.25) is 9.59 Å². The average molecular weight is 873 g/mol. The van der Waals surface area contributed by atoms with Gasteiger partial charge in [0.25, 0.3) is 0 Å². The fraction of sp³-hybridized carbons (Fsp3) is 0.633. The van der Waals surface area contributed by atoms with E-state index in [2.05, 4.69) is 165 Å². The first-order chi connectivity index (χ1) is 29.0. The summed E-state index contributed by atoms with van der Waals surface area (Å²) in [4.78, 5) is 24.2. The van der Waals surface area contributed by atoms with Gasteiger partial charge < -0.3 is 9.47 Å². The molecule has 0 spiro atoms. The Morgan fingerprint density at radius 3 is 1.06 bits per heavy atom. The van der Waals surface area contributed by atoms with E-state index in [-0.39, 0.29) is 63.7 Å². The van der Waals surface area contributed by atoms with E-state index in [0.717, 1.165) is 18.4 Å². The summed E-state index contributed by atoms with van der Waals surface area (Å²) in [7, 11) is 0. The van der Waals surface area contributed by atoms with Crippen LogP contribution in [0.4, 0.5) is 0 Å². The maximum absolute atomic E-state index is 12.1. The Morgan fingerprint density at radius 1 is 0.484 bits per heavy atom. The first kappa shape index (κ1) is 51.3. The molecule has 352 valence electrons. The Hall–Kier alpha value is -3.66. The first-order valence-corrected chi connectivity index (χ1v) is 24.4. The van der Waals surface area contributed by atoms with E-state index in [0.29, 0.717) is 24.0 Å². The second-order valence-corrected chi connectivity index (χ2v) is 24.7. The monoisotopic (exact) mass is 873 g/mol. The molecule has 0 aliphatic heterocycles. The quantitative estimate of drug-likeness (QED) is 0.222. The highest BCUT2D eigenvalue weighted by Gasteiger charge is 2.58. The number of rotatable bonds is 7. The van der Waals surface area contributed by atoms with Crippen LogP contribution in [0, 0.1) is 11.8 Å². The highest BCUT2D eigenvalue weighted by Crippen LogP contribution is 2.58. The van der Waals surface area contributed by atoms with Gasteiger partial charge in [0.2, 0.25) is 0 Å². The fourth-order valence-electron chi connectivity index (χ4n) is 11.3. The molecule has 0 amide bonds. The van der Waals surface area contributed by atoms with Crippen LogP contribution in [0.25, 0.3) is 5.57 Å². The Bertz CT molecular complexity index is 2130. The fourth-order valence-corrected chi connectivity index (χ4v) is 11.3. The van der Waals surface area contributed by atoms with E-state index in [1.807, 2.05) is 13.8 Å². The van der Waals surface area contributed by atoms with Gasteiger partial charge in [-0.05, 0) is 155 Å². The molecule has 0 N–H and O–H groups in total. The van der Waals surface area contributed by atoms with Crippen LogP contribution in [-0.4, -0.2) is 25.2 Å². The first-order valence-electron chi connectivity index (χ1n) is 24.4. The molecule has 3 aromatic carbocycles. The molecule has 0 radical (unpaired) electrons. The average Bonchev–Trinajstić information content (AvgIpc) is 4.12. The third-order valence-electron chi connectivity index (χ3n) is 17.0. The summed E-state index contributed by atoms with van der Waals surface area (Å²) in [6.07, 6.45) is 9.27. The van der Waals surface area contributed by atoms with Crippen molar-refractivity contribution in [2.24, 2.45) is 11.8 Å². The van der Waals surface area contributed by atoms with Crippen molar-refractivity contribution >= 4 is 17.5 Å². The number of carbonyl (C=O) groups is 2. The molecule has 3 aromatic rings. The van der Waals surface area contributed by atoms with Crippen LogP contribution in [0.2, 0.25) is 0 Å². The van der Waals surface area contributed by atoms with Gasteiger partial charge in [-0.1, -0.05) is 171 Å². The Morgan fingerprint density at radius 2 is 0.766 bits per heavy atom. The van der Waals surface area contributed by atoms with Crippen molar-refractivity contribution in [1.29, 1.82) is 0 Å². The number of benzene rings is 3. The number of hydrogen-bond acceptors (Lipinski definition) is 4. The largest absolute Gasteiger partial charge is 0.466 e. The molecule has 4 nitrogen and oxygen atoms in total. The Balaban J connectivity index is 0.000000182. The standard InChI is InChI=1S/2C21H30O2.C17H24.CH4/c2*1-7-23-18(22)17-13-21(17,6)14-8-9-15-16(12-14)20(4,5)11-10-19(15,2)3;1-12(2)13-7-8-14-15(11-13)17(5,6)10-9-16(14,3)4;/h2*8-9,12,17H,7,10-11,13H2,1-6H3;7-8,11H,1,9-10H2,2-6H3;1H4. The van der Waals surface area contributed by atoms with Crippen molar-refractivity contribution in [3.63, 3.8) is 0 Å². The van der Waals surface area contributed by atoms with E-state index in [9.17, 15) is 9.59 Å². The molecule has 4 unspecified atom stereocenters. The highest BCUT2D eigenvalue weighted by atomic mass is 16.5. The van der Waals surface area contributed by atoms with Crippen molar-refractivity contribution < 1.29 is 19.1 Å². The summed E-state index contributed by atoms with van der Waals surface area (Å²) in [5.41, 5.74) is 15.5. The van der Waals surface area contributed by atoms with Gasteiger partial charge in [0.05, 0.1) is 25.0 Å². The predicted octanol–water partition coefficient (Wildman–Crippen LogP) is 15.5. The van der Waals surface area contributed by atoms with Gasteiger partial charge in [-0.25, -0.2) is 0 Å². The normalized spacial score (nSPS) is 27.4. The van der Waals surface area contributed by atoms with Gasteiger partial charge in [0, 0.05) is 10.8 Å². The summed E-state index contributed by atoms with van der Waals surface area (Å²) in [5.74, 6) is -0.0138. The lowest BCUT2D eigenvalue weighted by atomic mass is 9.62. The van der Waals surface area contributed by atoms with E-state index in [4.69, 9.17) is 9.47 Å². The lowest BCUT2D eigenvalue weighted by Gasteiger charge is -2.42. The van der Waals surface area contributed by atoms with Crippen molar-refractivity contribution in [1.82, 2.24) is 0 Å². The second kappa shape index (κ2) is 17.5. The van der Waals surface area contributed by atoms with Crippen LogP contribution >= 0.6 is 0 Å². The third kappa shape index (κ3) is 9.74. The van der Waals surface area contributed by atoms with Crippen LogP contribution < -0.4 is 0 Å². The Labute approximate surface area is 391 Å². The van der Waals surface area contributed by atoms with Gasteiger partial charge in [-0.15, -0.1) is 0 Å². The van der Waals surface area contributed by atoms with E-state index < -0.39 is 0 Å². The van der Waals surface area contributed by atoms with E-state index >= 15 is 0 Å². The number of fused-ring (bicyclic) bond motifs is 3. The summed E-state index contributed by atoms with van der Waals surface area (Å²) in [6.45, 7) is 43.5. The van der Waals surface area contributed by atoms with Crippen LogP contribution in [0.3, 0.4) is 0 Å². The molecule has 8 rings (SSSR count). The molecular weight excluding hydrogens is 785 g/mol. The zero-order valence-electron chi connectivity index (χ0n) is 42.8. The molecule has 0 bridgehead atoms. The summed E-state index contributed by atoms with van der Waals surface area (Å²) in [6, 6.07) is 20.8. The van der Waals surface area contributed by atoms with E-state index in [1.165, 1.54) is 88.6 Å². The van der Waals surface area contributed by atoms with Crippen LogP contribution in [-0.2, 0) is 62.4 Å². The minimum Gasteiger partial charge on any atom is -0.466 e. The van der Waals surface area contributed by atoms with Crippen molar-refractivity contribution in [3.05, 3.63) is 111 Å². The summed E-state index contributed by atoms with van der Waals surface area (Å²) < 4.78 is 10.5. The number of allylic oxidation sites excluding steroid dienone is 1. The third-order valence-corrected chi connectivity index (χ3v) is 17.0. The summed E-state index contributed by atoms with van der Waals surface area (Å²) >= 11 is 0. The van der Waals surface area contributed by atoms with Gasteiger partial charge >= 0.3 is 11.9 Å². The van der Waals surface area contributed by atoms with E-state index in [1.54, 1.807) is 0 Å². The molecule has 5 aliphatic carbocycles. The maximum Gasteiger partial charge on any atom is 0.309 e.